The van der Waals surface area contributed by atoms with Gasteiger partial charge in [0.1, 0.15) is 12.1 Å². The van der Waals surface area contributed by atoms with Gasteiger partial charge in [0, 0.05) is 43.5 Å². The molecule has 1 amide bonds. The number of ether oxygens (including phenoxy) is 1. The predicted octanol–water partition coefficient (Wildman–Crippen LogP) is 1.41. The molecule has 1 aliphatic heterocycles. The van der Waals surface area contributed by atoms with Crippen molar-refractivity contribution in [1.82, 2.24) is 24.8 Å². The van der Waals surface area contributed by atoms with Crippen LogP contribution < -0.4 is 5.32 Å². The van der Waals surface area contributed by atoms with E-state index in [2.05, 4.69) is 20.3 Å². The third-order valence-corrected chi connectivity index (χ3v) is 4.02. The Morgan fingerprint density at radius 3 is 2.87 bits per heavy atom. The second-order valence-corrected chi connectivity index (χ2v) is 5.96. The molecule has 23 heavy (non-hydrogen) atoms. The number of nitrogens with zero attached hydrogens (tertiary/aromatic N) is 4. The third kappa shape index (κ3) is 3.92. The SMILES string of the molecule is C[C@@]1(c2ncc(CNC(=O)Cn3ccnc3)cn2)CCCCO1. The summed E-state index contributed by atoms with van der Waals surface area (Å²) in [4.78, 5) is 24.6. The minimum absolute atomic E-state index is 0.0744. The largest absolute Gasteiger partial charge is 0.367 e. The standard InChI is InChI=1S/C16H21N5O2/c1-16(4-2-3-7-23-16)15-19-9-13(10-20-15)8-18-14(22)11-21-6-5-17-12-21/h5-6,9-10,12H,2-4,7-8,11H2,1H3,(H,18,22)/t16-/m0/s1. The van der Waals surface area contributed by atoms with E-state index in [0.717, 1.165) is 31.4 Å². The molecule has 3 heterocycles. The molecule has 1 fully saturated rings. The monoisotopic (exact) mass is 315 g/mol. The lowest BCUT2D eigenvalue weighted by atomic mass is 9.95. The molecule has 2 aromatic heterocycles. The van der Waals surface area contributed by atoms with Gasteiger partial charge in [0.15, 0.2) is 5.82 Å². The van der Waals surface area contributed by atoms with Crippen LogP contribution in [0.5, 0.6) is 0 Å². The highest BCUT2D eigenvalue weighted by Crippen LogP contribution is 2.32. The van der Waals surface area contributed by atoms with Gasteiger partial charge in [-0.1, -0.05) is 0 Å². The number of hydrogen-bond donors (Lipinski definition) is 1. The zero-order chi connectivity index (χ0) is 16.1. The summed E-state index contributed by atoms with van der Waals surface area (Å²) in [6.07, 6.45) is 11.7. The van der Waals surface area contributed by atoms with Gasteiger partial charge in [-0.2, -0.15) is 0 Å². The molecule has 122 valence electrons. The van der Waals surface area contributed by atoms with Crippen molar-refractivity contribution < 1.29 is 9.53 Å². The van der Waals surface area contributed by atoms with Gasteiger partial charge < -0.3 is 14.6 Å². The number of amides is 1. The molecule has 1 atom stereocenters. The number of imidazole rings is 1. The Kier molecular flexibility index (Phi) is 4.66. The van der Waals surface area contributed by atoms with Crippen LogP contribution in [0.2, 0.25) is 0 Å². The fraction of sp³-hybridized carbons (Fsp3) is 0.500. The molecule has 0 radical (unpaired) electrons. The minimum atomic E-state index is -0.387. The molecule has 0 spiro atoms. The van der Waals surface area contributed by atoms with Crippen LogP contribution in [-0.4, -0.2) is 32.0 Å². The zero-order valence-corrected chi connectivity index (χ0v) is 13.2. The number of rotatable bonds is 5. The van der Waals surface area contributed by atoms with Gasteiger partial charge in [0.25, 0.3) is 0 Å². The van der Waals surface area contributed by atoms with Crippen LogP contribution in [-0.2, 0) is 28.2 Å². The van der Waals surface area contributed by atoms with Gasteiger partial charge in [0.05, 0.1) is 6.33 Å². The van der Waals surface area contributed by atoms with Crippen LogP contribution in [0.25, 0.3) is 0 Å². The van der Waals surface area contributed by atoms with Crippen molar-refractivity contribution >= 4 is 5.91 Å². The lowest BCUT2D eigenvalue weighted by Crippen LogP contribution is -2.32. The summed E-state index contributed by atoms with van der Waals surface area (Å²) in [6.45, 7) is 3.45. The van der Waals surface area contributed by atoms with Crippen molar-refractivity contribution in [1.29, 1.82) is 0 Å². The van der Waals surface area contributed by atoms with E-state index in [1.54, 1.807) is 35.7 Å². The summed E-state index contributed by atoms with van der Waals surface area (Å²) in [5.74, 6) is 0.639. The van der Waals surface area contributed by atoms with Gasteiger partial charge in [0.2, 0.25) is 5.91 Å². The number of carbonyl (C=O) groups is 1. The van der Waals surface area contributed by atoms with Crippen LogP contribution >= 0.6 is 0 Å². The maximum atomic E-state index is 11.8. The molecule has 7 heteroatoms. The lowest BCUT2D eigenvalue weighted by molar-refractivity contribution is -0.121. The average Bonchev–Trinajstić information content (AvgIpc) is 3.07. The molecule has 0 unspecified atom stereocenters. The predicted molar refractivity (Wildman–Crippen MR) is 83.3 cm³/mol. The van der Waals surface area contributed by atoms with Gasteiger partial charge in [-0.3, -0.25) is 4.79 Å². The quantitative estimate of drug-likeness (QED) is 0.902. The Balaban J connectivity index is 1.54. The summed E-state index contributed by atoms with van der Waals surface area (Å²) >= 11 is 0. The lowest BCUT2D eigenvalue weighted by Gasteiger charge is -2.32. The molecule has 0 saturated carbocycles. The summed E-state index contributed by atoms with van der Waals surface area (Å²) < 4.78 is 7.56. The Morgan fingerprint density at radius 2 is 2.22 bits per heavy atom. The van der Waals surface area contributed by atoms with E-state index in [4.69, 9.17) is 4.74 Å². The first-order valence-electron chi connectivity index (χ1n) is 7.83. The smallest absolute Gasteiger partial charge is 0.240 e. The number of carbonyl (C=O) groups excluding carboxylic acids is 1. The van der Waals surface area contributed by atoms with Gasteiger partial charge in [-0.05, 0) is 26.2 Å². The number of hydrogen-bond acceptors (Lipinski definition) is 5. The molecular formula is C16H21N5O2. The fourth-order valence-corrected chi connectivity index (χ4v) is 2.63. The Bertz CT molecular complexity index is 633. The van der Waals surface area contributed by atoms with Crippen molar-refractivity contribution in [2.24, 2.45) is 0 Å². The molecule has 7 nitrogen and oxygen atoms in total. The zero-order valence-electron chi connectivity index (χ0n) is 13.2. The molecule has 1 aliphatic rings. The summed E-state index contributed by atoms with van der Waals surface area (Å²) in [5.41, 5.74) is 0.480. The number of nitrogens with one attached hydrogen (secondary N) is 1. The molecule has 1 saturated heterocycles. The molecule has 2 aromatic rings. The molecular weight excluding hydrogens is 294 g/mol. The van der Waals surface area contributed by atoms with Crippen LogP contribution in [0.15, 0.2) is 31.1 Å². The molecule has 1 N–H and O–H groups in total. The maximum absolute atomic E-state index is 11.8. The van der Waals surface area contributed by atoms with E-state index in [9.17, 15) is 4.79 Å². The first kappa shape index (κ1) is 15.6. The first-order valence-corrected chi connectivity index (χ1v) is 7.83. The Hall–Kier alpha value is -2.28. The van der Waals surface area contributed by atoms with Crippen LogP contribution in [0.4, 0.5) is 0 Å². The topological polar surface area (TPSA) is 81.9 Å². The van der Waals surface area contributed by atoms with E-state index in [1.807, 2.05) is 6.92 Å². The van der Waals surface area contributed by atoms with Crippen molar-refractivity contribution in [3.63, 3.8) is 0 Å². The molecule has 0 aliphatic carbocycles. The Morgan fingerprint density at radius 1 is 1.39 bits per heavy atom. The van der Waals surface area contributed by atoms with Crippen LogP contribution in [0, 0.1) is 0 Å². The van der Waals surface area contributed by atoms with E-state index in [0.29, 0.717) is 12.4 Å². The minimum Gasteiger partial charge on any atom is -0.367 e. The average molecular weight is 315 g/mol. The molecule has 0 aromatic carbocycles. The van der Waals surface area contributed by atoms with Gasteiger partial charge in [-0.15, -0.1) is 0 Å². The first-order chi connectivity index (χ1) is 11.2. The van der Waals surface area contributed by atoms with E-state index in [-0.39, 0.29) is 18.1 Å². The van der Waals surface area contributed by atoms with Crippen LogP contribution in [0.1, 0.15) is 37.6 Å². The number of aromatic nitrogens is 4. The van der Waals surface area contributed by atoms with Crippen molar-refractivity contribution in [2.75, 3.05) is 6.61 Å². The van der Waals surface area contributed by atoms with Gasteiger partial charge >= 0.3 is 0 Å². The summed E-state index contributed by atoms with van der Waals surface area (Å²) in [6, 6.07) is 0. The van der Waals surface area contributed by atoms with E-state index >= 15 is 0 Å². The second kappa shape index (κ2) is 6.87. The van der Waals surface area contributed by atoms with E-state index < -0.39 is 0 Å². The highest BCUT2D eigenvalue weighted by Gasteiger charge is 2.32. The van der Waals surface area contributed by atoms with Crippen LogP contribution in [0.3, 0.4) is 0 Å². The second-order valence-electron chi connectivity index (χ2n) is 5.96. The maximum Gasteiger partial charge on any atom is 0.240 e. The van der Waals surface area contributed by atoms with Crippen molar-refractivity contribution in [3.05, 3.63) is 42.5 Å². The van der Waals surface area contributed by atoms with Crippen molar-refractivity contribution in [3.8, 4) is 0 Å². The fourth-order valence-electron chi connectivity index (χ4n) is 2.63. The summed E-state index contributed by atoms with van der Waals surface area (Å²) in [5, 5.41) is 2.85. The third-order valence-electron chi connectivity index (χ3n) is 4.02. The van der Waals surface area contributed by atoms with E-state index in [1.165, 1.54) is 0 Å². The van der Waals surface area contributed by atoms with Crippen molar-refractivity contribution in [2.45, 2.75) is 44.9 Å². The normalized spacial score (nSPS) is 21.1. The Labute approximate surface area is 135 Å². The summed E-state index contributed by atoms with van der Waals surface area (Å²) in [7, 11) is 0. The highest BCUT2D eigenvalue weighted by atomic mass is 16.5. The molecule has 3 rings (SSSR count). The van der Waals surface area contributed by atoms with Gasteiger partial charge in [-0.25, -0.2) is 15.0 Å². The molecule has 0 bridgehead atoms. The highest BCUT2D eigenvalue weighted by molar-refractivity contribution is 5.75.